The zero-order chi connectivity index (χ0) is 13.9. The number of hydrogen-bond donors (Lipinski definition) is 1. The Morgan fingerprint density at radius 1 is 1.44 bits per heavy atom. The first-order chi connectivity index (χ1) is 8.36. The highest BCUT2D eigenvalue weighted by Crippen LogP contribution is 2.29. The van der Waals surface area contributed by atoms with Crippen molar-refractivity contribution in [2.24, 2.45) is 5.92 Å². The van der Waals surface area contributed by atoms with Crippen LogP contribution >= 0.6 is 23.2 Å². The summed E-state index contributed by atoms with van der Waals surface area (Å²) in [4.78, 5) is 13.9. The molecule has 5 heteroatoms. The van der Waals surface area contributed by atoms with Crippen LogP contribution < -0.4 is 5.73 Å². The summed E-state index contributed by atoms with van der Waals surface area (Å²) in [6.07, 6.45) is 1.02. The standard InChI is InChI=1S/C13H18Cl2N2O/c1-4-8(2)7-17(3)13(18)10-5-9(16)6-11(14)12(10)15/h5-6,8H,4,7,16H2,1-3H3. The van der Waals surface area contributed by atoms with Crippen LogP contribution in [-0.2, 0) is 0 Å². The van der Waals surface area contributed by atoms with Crippen LogP contribution in [0.15, 0.2) is 12.1 Å². The Bertz CT molecular complexity index is 449. The molecule has 2 N–H and O–H groups in total. The van der Waals surface area contributed by atoms with Crippen LogP contribution in [0.4, 0.5) is 5.69 Å². The Morgan fingerprint density at radius 3 is 2.61 bits per heavy atom. The Balaban J connectivity index is 2.97. The Morgan fingerprint density at radius 2 is 2.06 bits per heavy atom. The van der Waals surface area contributed by atoms with Crippen LogP contribution in [0.3, 0.4) is 0 Å². The van der Waals surface area contributed by atoms with Gasteiger partial charge in [-0.15, -0.1) is 0 Å². The number of rotatable bonds is 4. The zero-order valence-electron chi connectivity index (χ0n) is 10.8. The molecule has 0 aliphatic rings. The summed E-state index contributed by atoms with van der Waals surface area (Å²) in [5, 5.41) is 0.559. The molecule has 1 unspecified atom stereocenters. The highest BCUT2D eigenvalue weighted by Gasteiger charge is 2.18. The lowest BCUT2D eigenvalue weighted by Gasteiger charge is -2.21. The van der Waals surface area contributed by atoms with Crippen LogP contribution in [0, 0.1) is 5.92 Å². The predicted molar refractivity (Wildman–Crippen MR) is 77.3 cm³/mol. The first kappa shape index (κ1) is 15.1. The fourth-order valence-electron chi connectivity index (χ4n) is 1.65. The number of nitrogens with two attached hydrogens (primary N) is 1. The van der Waals surface area contributed by atoms with Gasteiger partial charge in [0.15, 0.2) is 0 Å². The highest BCUT2D eigenvalue weighted by atomic mass is 35.5. The number of nitrogens with zero attached hydrogens (tertiary/aromatic N) is 1. The van der Waals surface area contributed by atoms with E-state index in [-0.39, 0.29) is 10.9 Å². The average molecular weight is 289 g/mol. The quantitative estimate of drug-likeness (QED) is 0.859. The Kier molecular flexibility index (Phi) is 5.29. The van der Waals surface area contributed by atoms with E-state index in [2.05, 4.69) is 13.8 Å². The van der Waals surface area contributed by atoms with Crippen LogP contribution in [0.2, 0.25) is 10.0 Å². The minimum atomic E-state index is -0.158. The number of hydrogen-bond acceptors (Lipinski definition) is 2. The number of nitrogen functional groups attached to an aromatic ring is 1. The van der Waals surface area contributed by atoms with Gasteiger partial charge in [-0.25, -0.2) is 0 Å². The summed E-state index contributed by atoms with van der Waals surface area (Å²) in [7, 11) is 1.75. The largest absolute Gasteiger partial charge is 0.399 e. The molecule has 1 rings (SSSR count). The maximum absolute atomic E-state index is 12.2. The molecule has 0 spiro atoms. The maximum atomic E-state index is 12.2. The normalized spacial score (nSPS) is 12.3. The van der Waals surface area contributed by atoms with Crippen LogP contribution in [-0.4, -0.2) is 24.4 Å². The zero-order valence-corrected chi connectivity index (χ0v) is 12.3. The summed E-state index contributed by atoms with van der Waals surface area (Å²) in [6, 6.07) is 3.10. The van der Waals surface area contributed by atoms with E-state index in [0.717, 1.165) is 6.42 Å². The third kappa shape index (κ3) is 3.53. The lowest BCUT2D eigenvalue weighted by atomic mass is 10.1. The number of benzene rings is 1. The fourth-order valence-corrected chi connectivity index (χ4v) is 2.07. The lowest BCUT2D eigenvalue weighted by molar-refractivity contribution is 0.0775. The van der Waals surface area contributed by atoms with E-state index in [1.165, 1.54) is 6.07 Å². The molecule has 1 aromatic rings. The van der Waals surface area contributed by atoms with Crippen LogP contribution in [0.5, 0.6) is 0 Å². The van der Waals surface area contributed by atoms with Crippen molar-refractivity contribution in [3.63, 3.8) is 0 Å². The summed E-state index contributed by atoms with van der Waals surface area (Å²) in [6.45, 7) is 4.86. The fraction of sp³-hybridized carbons (Fsp3) is 0.462. The summed E-state index contributed by atoms with van der Waals surface area (Å²) < 4.78 is 0. The van der Waals surface area contributed by atoms with Crippen molar-refractivity contribution in [3.05, 3.63) is 27.7 Å². The monoisotopic (exact) mass is 288 g/mol. The van der Waals surface area contributed by atoms with Gasteiger partial charge in [0.1, 0.15) is 0 Å². The minimum Gasteiger partial charge on any atom is -0.399 e. The van der Waals surface area contributed by atoms with E-state index < -0.39 is 0 Å². The molecule has 0 aliphatic carbocycles. The topological polar surface area (TPSA) is 46.3 Å². The molecular weight excluding hydrogens is 271 g/mol. The first-order valence-electron chi connectivity index (χ1n) is 5.86. The van der Waals surface area contributed by atoms with Gasteiger partial charge in [-0.2, -0.15) is 0 Å². The molecule has 0 bridgehead atoms. The van der Waals surface area contributed by atoms with Crippen LogP contribution in [0.1, 0.15) is 30.6 Å². The first-order valence-corrected chi connectivity index (χ1v) is 6.62. The molecule has 3 nitrogen and oxygen atoms in total. The van der Waals surface area contributed by atoms with Crippen molar-refractivity contribution >= 4 is 34.8 Å². The van der Waals surface area contributed by atoms with Crippen molar-refractivity contribution in [2.45, 2.75) is 20.3 Å². The third-order valence-electron chi connectivity index (χ3n) is 2.91. The molecule has 18 heavy (non-hydrogen) atoms. The molecule has 100 valence electrons. The van der Waals surface area contributed by atoms with Gasteiger partial charge in [-0.3, -0.25) is 4.79 Å². The SMILES string of the molecule is CCC(C)CN(C)C(=O)c1cc(N)cc(Cl)c1Cl. The second-order valence-electron chi connectivity index (χ2n) is 4.56. The Hall–Kier alpha value is -0.930. The van der Waals surface area contributed by atoms with Crippen molar-refractivity contribution in [1.82, 2.24) is 4.90 Å². The minimum absolute atomic E-state index is 0.158. The van der Waals surface area contributed by atoms with Crippen molar-refractivity contribution in [1.29, 1.82) is 0 Å². The van der Waals surface area contributed by atoms with Gasteiger partial charge in [0, 0.05) is 19.3 Å². The molecule has 0 aromatic heterocycles. The van der Waals surface area contributed by atoms with E-state index in [0.29, 0.717) is 28.7 Å². The highest BCUT2D eigenvalue weighted by molar-refractivity contribution is 6.44. The van der Waals surface area contributed by atoms with Gasteiger partial charge < -0.3 is 10.6 Å². The predicted octanol–water partition coefficient (Wildman–Crippen LogP) is 3.69. The second-order valence-corrected chi connectivity index (χ2v) is 5.35. The second kappa shape index (κ2) is 6.30. The van der Waals surface area contributed by atoms with Crippen LogP contribution in [0.25, 0.3) is 0 Å². The number of carbonyl (C=O) groups is 1. The molecule has 1 aromatic carbocycles. The molecule has 0 saturated heterocycles. The van der Waals surface area contributed by atoms with Gasteiger partial charge in [-0.05, 0) is 18.1 Å². The third-order valence-corrected chi connectivity index (χ3v) is 3.71. The van der Waals surface area contributed by atoms with Gasteiger partial charge in [0.2, 0.25) is 0 Å². The van der Waals surface area contributed by atoms with E-state index in [1.54, 1.807) is 18.0 Å². The molecule has 1 atom stereocenters. The number of carbonyl (C=O) groups excluding carboxylic acids is 1. The van der Waals surface area contributed by atoms with Gasteiger partial charge in [0.05, 0.1) is 15.6 Å². The van der Waals surface area contributed by atoms with E-state index in [4.69, 9.17) is 28.9 Å². The number of anilines is 1. The lowest BCUT2D eigenvalue weighted by Crippen LogP contribution is -2.31. The van der Waals surface area contributed by atoms with Gasteiger partial charge in [0.25, 0.3) is 5.91 Å². The summed E-state index contributed by atoms with van der Waals surface area (Å²) in [5.74, 6) is 0.281. The van der Waals surface area contributed by atoms with Crippen molar-refractivity contribution in [2.75, 3.05) is 19.3 Å². The van der Waals surface area contributed by atoms with Gasteiger partial charge in [-0.1, -0.05) is 43.5 Å². The molecule has 0 heterocycles. The average Bonchev–Trinajstić information content (AvgIpc) is 2.32. The molecular formula is C13H18Cl2N2O. The van der Waals surface area contributed by atoms with E-state index in [1.807, 2.05) is 0 Å². The van der Waals surface area contributed by atoms with Crippen molar-refractivity contribution < 1.29 is 4.79 Å². The molecule has 1 amide bonds. The molecule has 0 radical (unpaired) electrons. The number of amides is 1. The summed E-state index contributed by atoms with van der Waals surface area (Å²) in [5.41, 5.74) is 6.47. The molecule has 0 aliphatic heterocycles. The number of halogens is 2. The van der Waals surface area contributed by atoms with E-state index in [9.17, 15) is 4.79 Å². The van der Waals surface area contributed by atoms with Gasteiger partial charge >= 0.3 is 0 Å². The maximum Gasteiger partial charge on any atom is 0.255 e. The van der Waals surface area contributed by atoms with E-state index >= 15 is 0 Å². The molecule has 0 saturated carbocycles. The Labute approximate surface area is 118 Å². The summed E-state index contributed by atoms with van der Waals surface area (Å²) >= 11 is 12.0. The smallest absolute Gasteiger partial charge is 0.255 e. The molecule has 0 fully saturated rings. The van der Waals surface area contributed by atoms with Crippen molar-refractivity contribution in [3.8, 4) is 0 Å².